The molecule has 0 aliphatic heterocycles. The standard InChI is InChI=1S/C15H22O4/c1-5-12-7-13(6-2)15(9-19-11(4)17)14(12)8-18-10(3)16/h5-6,12-15H,1-2,7-9H2,3-4H3/t12?,13?,14-,15+. The Morgan fingerprint density at radius 1 is 1.00 bits per heavy atom. The summed E-state index contributed by atoms with van der Waals surface area (Å²) in [5.41, 5.74) is 0. The minimum atomic E-state index is -0.295. The van der Waals surface area contributed by atoms with Crippen molar-refractivity contribution >= 4 is 11.9 Å². The van der Waals surface area contributed by atoms with Crippen molar-refractivity contribution in [1.82, 2.24) is 0 Å². The Morgan fingerprint density at radius 2 is 1.37 bits per heavy atom. The molecule has 1 rings (SSSR count). The number of ether oxygens (including phenoxy) is 2. The lowest BCUT2D eigenvalue weighted by atomic mass is 9.88. The fourth-order valence-corrected chi connectivity index (χ4v) is 2.76. The maximum atomic E-state index is 11.0. The van der Waals surface area contributed by atoms with E-state index in [0.29, 0.717) is 13.2 Å². The van der Waals surface area contributed by atoms with Crippen molar-refractivity contribution in [2.75, 3.05) is 13.2 Å². The number of allylic oxidation sites excluding steroid dienone is 2. The molecular weight excluding hydrogens is 244 g/mol. The molecule has 4 nitrogen and oxygen atoms in total. The van der Waals surface area contributed by atoms with Crippen LogP contribution in [0.2, 0.25) is 0 Å². The van der Waals surface area contributed by atoms with Gasteiger partial charge in [-0.3, -0.25) is 9.59 Å². The molecule has 0 bridgehead atoms. The molecule has 0 heterocycles. The molecule has 0 aromatic carbocycles. The fourth-order valence-electron chi connectivity index (χ4n) is 2.76. The van der Waals surface area contributed by atoms with Crippen LogP contribution < -0.4 is 0 Å². The van der Waals surface area contributed by atoms with Crippen LogP contribution >= 0.6 is 0 Å². The van der Waals surface area contributed by atoms with E-state index in [1.165, 1.54) is 13.8 Å². The molecular formula is C15H22O4. The molecule has 106 valence electrons. The zero-order valence-corrected chi connectivity index (χ0v) is 11.6. The van der Waals surface area contributed by atoms with E-state index in [2.05, 4.69) is 13.2 Å². The molecule has 0 amide bonds. The van der Waals surface area contributed by atoms with Gasteiger partial charge in [0.25, 0.3) is 0 Å². The lowest BCUT2D eigenvalue weighted by Crippen LogP contribution is -2.27. The smallest absolute Gasteiger partial charge is 0.302 e. The lowest BCUT2D eigenvalue weighted by Gasteiger charge is -2.24. The van der Waals surface area contributed by atoms with Gasteiger partial charge in [-0.1, -0.05) is 12.2 Å². The largest absolute Gasteiger partial charge is 0.466 e. The normalized spacial score (nSPS) is 29.6. The summed E-state index contributed by atoms with van der Waals surface area (Å²) < 4.78 is 10.3. The first-order valence-corrected chi connectivity index (χ1v) is 6.51. The van der Waals surface area contributed by atoms with E-state index in [-0.39, 0.29) is 35.6 Å². The first-order chi connectivity index (χ1) is 8.99. The highest BCUT2D eigenvalue weighted by molar-refractivity contribution is 5.66. The molecule has 1 aliphatic carbocycles. The minimum absolute atomic E-state index is 0.128. The van der Waals surface area contributed by atoms with Crippen molar-refractivity contribution in [1.29, 1.82) is 0 Å². The van der Waals surface area contributed by atoms with Crippen LogP contribution in [0.3, 0.4) is 0 Å². The number of hydrogen-bond donors (Lipinski definition) is 0. The van der Waals surface area contributed by atoms with Gasteiger partial charge in [-0.05, 0) is 18.3 Å². The van der Waals surface area contributed by atoms with Crippen molar-refractivity contribution in [3.8, 4) is 0 Å². The van der Waals surface area contributed by atoms with Gasteiger partial charge >= 0.3 is 11.9 Å². The zero-order chi connectivity index (χ0) is 14.4. The van der Waals surface area contributed by atoms with E-state index in [1.807, 2.05) is 12.2 Å². The SMILES string of the molecule is C=CC1CC(C=C)[C@H](COC(C)=O)[C@@H]1COC(C)=O. The molecule has 0 aromatic rings. The fraction of sp³-hybridized carbons (Fsp3) is 0.600. The van der Waals surface area contributed by atoms with E-state index in [1.54, 1.807) is 0 Å². The summed E-state index contributed by atoms with van der Waals surface area (Å²) in [6.45, 7) is 11.1. The molecule has 19 heavy (non-hydrogen) atoms. The quantitative estimate of drug-likeness (QED) is 0.547. The molecule has 0 N–H and O–H groups in total. The molecule has 2 unspecified atom stereocenters. The first-order valence-electron chi connectivity index (χ1n) is 6.51. The molecule has 4 heteroatoms. The third-order valence-electron chi connectivity index (χ3n) is 3.76. The molecule has 0 spiro atoms. The summed E-state index contributed by atoms with van der Waals surface area (Å²) in [7, 11) is 0. The Bertz CT molecular complexity index is 327. The van der Waals surface area contributed by atoms with Crippen LogP contribution in [0.4, 0.5) is 0 Å². The molecule has 0 saturated heterocycles. The van der Waals surface area contributed by atoms with Crippen LogP contribution in [0.5, 0.6) is 0 Å². The van der Waals surface area contributed by atoms with Gasteiger partial charge in [0, 0.05) is 25.7 Å². The van der Waals surface area contributed by atoms with Crippen molar-refractivity contribution < 1.29 is 19.1 Å². The van der Waals surface area contributed by atoms with Crippen molar-refractivity contribution in [2.24, 2.45) is 23.7 Å². The topological polar surface area (TPSA) is 52.6 Å². The Labute approximate surface area is 114 Å². The van der Waals surface area contributed by atoms with Gasteiger partial charge in [0.1, 0.15) is 0 Å². The van der Waals surface area contributed by atoms with Gasteiger partial charge in [0.05, 0.1) is 13.2 Å². The van der Waals surface area contributed by atoms with Crippen LogP contribution in [0.15, 0.2) is 25.3 Å². The predicted octanol–water partition coefficient (Wildman–Crippen LogP) is 2.35. The Hall–Kier alpha value is -1.58. The molecule has 0 aromatic heterocycles. The van der Waals surface area contributed by atoms with E-state index in [0.717, 1.165) is 6.42 Å². The Morgan fingerprint density at radius 3 is 1.63 bits per heavy atom. The number of esters is 2. The van der Waals surface area contributed by atoms with E-state index >= 15 is 0 Å². The first kappa shape index (κ1) is 15.5. The second-order valence-corrected chi connectivity index (χ2v) is 4.97. The predicted molar refractivity (Wildman–Crippen MR) is 72.2 cm³/mol. The molecule has 1 fully saturated rings. The number of hydrogen-bond acceptors (Lipinski definition) is 4. The van der Waals surface area contributed by atoms with Crippen LogP contribution in [-0.2, 0) is 19.1 Å². The third-order valence-corrected chi connectivity index (χ3v) is 3.76. The van der Waals surface area contributed by atoms with Gasteiger partial charge < -0.3 is 9.47 Å². The molecule has 1 saturated carbocycles. The van der Waals surface area contributed by atoms with Gasteiger partial charge in [0.15, 0.2) is 0 Å². The minimum Gasteiger partial charge on any atom is -0.466 e. The Kier molecular flexibility index (Phi) is 5.80. The average Bonchev–Trinajstić information content (AvgIpc) is 2.70. The van der Waals surface area contributed by atoms with Crippen molar-refractivity contribution in [3.05, 3.63) is 25.3 Å². The number of carbonyl (C=O) groups excluding carboxylic acids is 2. The number of carbonyl (C=O) groups is 2. The average molecular weight is 266 g/mol. The van der Waals surface area contributed by atoms with Crippen LogP contribution in [-0.4, -0.2) is 25.2 Å². The second kappa shape index (κ2) is 7.12. The van der Waals surface area contributed by atoms with Gasteiger partial charge in [-0.25, -0.2) is 0 Å². The summed E-state index contributed by atoms with van der Waals surface area (Å²) in [5.74, 6) is 0.172. The molecule has 0 radical (unpaired) electrons. The van der Waals surface area contributed by atoms with E-state index < -0.39 is 0 Å². The molecule has 1 aliphatic rings. The van der Waals surface area contributed by atoms with Gasteiger partial charge in [0.2, 0.25) is 0 Å². The molecule has 4 atom stereocenters. The van der Waals surface area contributed by atoms with Crippen molar-refractivity contribution in [2.45, 2.75) is 20.3 Å². The zero-order valence-electron chi connectivity index (χ0n) is 11.6. The monoisotopic (exact) mass is 266 g/mol. The maximum Gasteiger partial charge on any atom is 0.302 e. The summed E-state index contributed by atoms with van der Waals surface area (Å²) in [6, 6.07) is 0. The summed E-state index contributed by atoms with van der Waals surface area (Å²) >= 11 is 0. The third kappa shape index (κ3) is 4.23. The maximum absolute atomic E-state index is 11.0. The summed E-state index contributed by atoms with van der Waals surface area (Å²) in [6.07, 6.45) is 4.68. The summed E-state index contributed by atoms with van der Waals surface area (Å²) in [4.78, 5) is 21.9. The highest BCUT2D eigenvalue weighted by atomic mass is 16.5. The second-order valence-electron chi connectivity index (χ2n) is 4.97. The van der Waals surface area contributed by atoms with Crippen LogP contribution in [0, 0.1) is 23.7 Å². The lowest BCUT2D eigenvalue weighted by molar-refractivity contribution is -0.147. The van der Waals surface area contributed by atoms with E-state index in [9.17, 15) is 9.59 Å². The van der Waals surface area contributed by atoms with E-state index in [4.69, 9.17) is 9.47 Å². The van der Waals surface area contributed by atoms with Crippen LogP contribution in [0.1, 0.15) is 20.3 Å². The van der Waals surface area contributed by atoms with Gasteiger partial charge in [-0.2, -0.15) is 0 Å². The Balaban J connectivity index is 2.76. The number of rotatable bonds is 6. The van der Waals surface area contributed by atoms with Gasteiger partial charge in [-0.15, -0.1) is 13.2 Å². The highest BCUT2D eigenvalue weighted by Gasteiger charge is 2.41. The van der Waals surface area contributed by atoms with Crippen LogP contribution in [0.25, 0.3) is 0 Å². The summed E-state index contributed by atoms with van der Waals surface area (Å²) in [5, 5.41) is 0. The highest BCUT2D eigenvalue weighted by Crippen LogP contribution is 2.43. The van der Waals surface area contributed by atoms with Crippen molar-refractivity contribution in [3.63, 3.8) is 0 Å².